The van der Waals surface area contributed by atoms with Gasteiger partial charge in [-0.25, -0.2) is 9.97 Å². The predicted octanol–water partition coefficient (Wildman–Crippen LogP) is 5.06. The summed E-state index contributed by atoms with van der Waals surface area (Å²) >= 11 is 0. The Balaban J connectivity index is 1.58. The number of hydrogen-bond acceptors (Lipinski definition) is 2. The van der Waals surface area contributed by atoms with Crippen LogP contribution in [-0.4, -0.2) is 19.1 Å². The van der Waals surface area contributed by atoms with Gasteiger partial charge >= 0.3 is 0 Å². The Hall–Kier alpha value is -3.40. The van der Waals surface area contributed by atoms with E-state index in [1.807, 2.05) is 49.3 Å². The highest BCUT2D eigenvalue weighted by Crippen LogP contribution is 2.20. The Morgan fingerprint density at radius 1 is 0.926 bits per heavy atom. The van der Waals surface area contributed by atoms with Crippen LogP contribution in [0.5, 0.6) is 0 Å². The standard InChI is InChI=1S/C23H22N4/c1-17-13-19(9-11-22(17)27-14-18(2)24-16-27)10-12-23-25-21(15-26(23)3)20-7-5-4-6-8-20/h4-16H,1-3H3/b12-10+. The molecule has 0 N–H and O–H groups in total. The van der Waals surface area contributed by atoms with Crippen molar-refractivity contribution >= 4 is 12.2 Å². The van der Waals surface area contributed by atoms with Crippen molar-refractivity contribution < 1.29 is 0 Å². The zero-order valence-electron chi connectivity index (χ0n) is 15.8. The lowest BCUT2D eigenvalue weighted by atomic mass is 10.1. The normalized spacial score (nSPS) is 11.4. The Morgan fingerprint density at radius 2 is 1.74 bits per heavy atom. The van der Waals surface area contributed by atoms with Gasteiger partial charge in [0.2, 0.25) is 0 Å². The number of imidazole rings is 2. The molecule has 4 nitrogen and oxygen atoms in total. The first-order valence-corrected chi connectivity index (χ1v) is 8.98. The number of aromatic nitrogens is 4. The zero-order valence-corrected chi connectivity index (χ0v) is 15.8. The van der Waals surface area contributed by atoms with Gasteiger partial charge in [0, 0.05) is 30.7 Å². The number of nitrogens with zero attached hydrogens (tertiary/aromatic N) is 4. The zero-order chi connectivity index (χ0) is 18.8. The molecule has 0 radical (unpaired) electrons. The van der Waals surface area contributed by atoms with Gasteiger partial charge in [0.05, 0.1) is 17.7 Å². The number of rotatable bonds is 4. The van der Waals surface area contributed by atoms with Gasteiger partial charge in [-0.3, -0.25) is 0 Å². The summed E-state index contributed by atoms with van der Waals surface area (Å²) in [5.74, 6) is 0.931. The van der Waals surface area contributed by atoms with Crippen molar-refractivity contribution in [3.8, 4) is 16.9 Å². The lowest BCUT2D eigenvalue weighted by Gasteiger charge is -2.07. The van der Waals surface area contributed by atoms with Crippen LogP contribution < -0.4 is 0 Å². The summed E-state index contributed by atoms with van der Waals surface area (Å²) in [6.45, 7) is 4.12. The molecule has 0 aliphatic rings. The van der Waals surface area contributed by atoms with Gasteiger partial charge in [-0.15, -0.1) is 0 Å². The fraction of sp³-hybridized carbons (Fsp3) is 0.130. The summed E-state index contributed by atoms with van der Waals surface area (Å²) in [6.07, 6.45) is 10.1. The molecule has 0 fully saturated rings. The third-order valence-electron chi connectivity index (χ3n) is 4.62. The lowest BCUT2D eigenvalue weighted by Crippen LogP contribution is -1.94. The van der Waals surface area contributed by atoms with E-state index in [0.29, 0.717) is 0 Å². The number of benzene rings is 2. The van der Waals surface area contributed by atoms with Crippen molar-refractivity contribution in [1.29, 1.82) is 0 Å². The minimum Gasteiger partial charge on any atom is -0.334 e. The van der Waals surface area contributed by atoms with Gasteiger partial charge in [-0.05, 0) is 43.2 Å². The first kappa shape index (κ1) is 17.0. The summed E-state index contributed by atoms with van der Waals surface area (Å²) < 4.78 is 4.11. The summed E-state index contributed by atoms with van der Waals surface area (Å²) in [4.78, 5) is 9.06. The molecule has 0 amide bonds. The Labute approximate surface area is 159 Å². The highest BCUT2D eigenvalue weighted by molar-refractivity contribution is 5.70. The van der Waals surface area contributed by atoms with Gasteiger partial charge in [-0.2, -0.15) is 0 Å². The van der Waals surface area contributed by atoms with Crippen molar-refractivity contribution in [3.05, 3.63) is 89.9 Å². The van der Waals surface area contributed by atoms with E-state index in [2.05, 4.69) is 65.2 Å². The van der Waals surface area contributed by atoms with Gasteiger partial charge < -0.3 is 9.13 Å². The minimum absolute atomic E-state index is 0.931. The Morgan fingerprint density at radius 3 is 2.44 bits per heavy atom. The van der Waals surface area contributed by atoms with E-state index in [4.69, 9.17) is 4.98 Å². The molecule has 0 atom stereocenters. The van der Waals surface area contributed by atoms with Gasteiger partial charge in [0.1, 0.15) is 5.82 Å². The molecule has 2 aromatic carbocycles. The first-order valence-electron chi connectivity index (χ1n) is 8.98. The van der Waals surface area contributed by atoms with Crippen molar-refractivity contribution in [3.63, 3.8) is 0 Å². The largest absolute Gasteiger partial charge is 0.334 e. The van der Waals surface area contributed by atoms with E-state index in [1.54, 1.807) is 0 Å². The van der Waals surface area contributed by atoms with Crippen LogP contribution in [0, 0.1) is 13.8 Å². The molecule has 0 saturated heterocycles. The van der Waals surface area contributed by atoms with Gasteiger partial charge in [-0.1, -0.05) is 42.5 Å². The Kier molecular flexibility index (Phi) is 4.47. The molecule has 27 heavy (non-hydrogen) atoms. The Bertz CT molecular complexity index is 1100. The van der Waals surface area contributed by atoms with Crippen LogP contribution in [0.25, 0.3) is 29.1 Å². The molecule has 0 aliphatic heterocycles. The maximum Gasteiger partial charge on any atom is 0.133 e. The molecule has 0 spiro atoms. The van der Waals surface area contributed by atoms with Crippen LogP contribution in [0.3, 0.4) is 0 Å². The highest BCUT2D eigenvalue weighted by Gasteiger charge is 2.05. The van der Waals surface area contributed by atoms with Crippen LogP contribution in [0.4, 0.5) is 0 Å². The molecular formula is C23H22N4. The molecule has 0 aliphatic carbocycles. The summed E-state index contributed by atoms with van der Waals surface area (Å²) in [5.41, 5.74) is 6.64. The summed E-state index contributed by atoms with van der Waals surface area (Å²) in [5, 5.41) is 0. The molecule has 4 aromatic rings. The van der Waals surface area contributed by atoms with Gasteiger partial charge in [0.25, 0.3) is 0 Å². The van der Waals surface area contributed by atoms with Crippen molar-refractivity contribution in [1.82, 2.24) is 19.1 Å². The van der Waals surface area contributed by atoms with Crippen molar-refractivity contribution in [2.24, 2.45) is 7.05 Å². The third-order valence-corrected chi connectivity index (χ3v) is 4.62. The summed E-state index contributed by atoms with van der Waals surface area (Å²) in [7, 11) is 2.02. The van der Waals surface area contributed by atoms with Crippen LogP contribution in [0.2, 0.25) is 0 Å². The fourth-order valence-corrected chi connectivity index (χ4v) is 3.18. The maximum atomic E-state index is 4.75. The van der Waals surface area contributed by atoms with Crippen LogP contribution in [0.15, 0.2) is 67.3 Å². The smallest absolute Gasteiger partial charge is 0.133 e. The van der Waals surface area contributed by atoms with Crippen molar-refractivity contribution in [2.75, 3.05) is 0 Å². The van der Waals surface area contributed by atoms with E-state index >= 15 is 0 Å². The molecule has 4 heteroatoms. The molecule has 0 saturated carbocycles. The fourth-order valence-electron chi connectivity index (χ4n) is 3.18. The SMILES string of the molecule is Cc1cn(-c2ccc(/C=C/c3nc(-c4ccccc4)cn3C)cc2C)cn1. The van der Waals surface area contributed by atoms with E-state index in [9.17, 15) is 0 Å². The minimum atomic E-state index is 0.931. The predicted molar refractivity (Wildman–Crippen MR) is 111 cm³/mol. The number of hydrogen-bond donors (Lipinski definition) is 0. The molecule has 134 valence electrons. The quantitative estimate of drug-likeness (QED) is 0.513. The van der Waals surface area contributed by atoms with Crippen LogP contribution in [-0.2, 0) is 7.05 Å². The second kappa shape index (κ2) is 7.08. The van der Waals surface area contributed by atoms with E-state index < -0.39 is 0 Å². The maximum absolute atomic E-state index is 4.75. The average Bonchev–Trinajstić information content (AvgIpc) is 3.26. The molecule has 2 aromatic heterocycles. The second-order valence-electron chi connectivity index (χ2n) is 6.76. The van der Waals surface area contributed by atoms with E-state index in [1.165, 1.54) is 5.56 Å². The molecule has 2 heterocycles. The van der Waals surface area contributed by atoms with E-state index in [0.717, 1.165) is 34.0 Å². The average molecular weight is 354 g/mol. The number of aryl methyl sites for hydroxylation is 3. The van der Waals surface area contributed by atoms with Gasteiger partial charge in [0.15, 0.2) is 0 Å². The third kappa shape index (κ3) is 3.60. The monoisotopic (exact) mass is 354 g/mol. The lowest BCUT2D eigenvalue weighted by molar-refractivity contribution is 0.898. The molecular weight excluding hydrogens is 332 g/mol. The highest BCUT2D eigenvalue weighted by atomic mass is 15.0. The van der Waals surface area contributed by atoms with E-state index in [-0.39, 0.29) is 0 Å². The van der Waals surface area contributed by atoms with Crippen molar-refractivity contribution in [2.45, 2.75) is 13.8 Å². The second-order valence-corrected chi connectivity index (χ2v) is 6.76. The molecule has 0 unspecified atom stereocenters. The topological polar surface area (TPSA) is 35.6 Å². The summed E-state index contributed by atoms with van der Waals surface area (Å²) in [6, 6.07) is 16.7. The molecule has 4 rings (SSSR count). The van der Waals surface area contributed by atoms with Crippen LogP contribution in [0.1, 0.15) is 22.6 Å². The first-order chi connectivity index (χ1) is 13.1. The van der Waals surface area contributed by atoms with Crippen LogP contribution >= 0.6 is 0 Å². The molecule has 0 bridgehead atoms.